The van der Waals surface area contributed by atoms with Crippen molar-refractivity contribution in [1.82, 2.24) is 10.7 Å². The van der Waals surface area contributed by atoms with E-state index in [0.717, 1.165) is 29.8 Å². The summed E-state index contributed by atoms with van der Waals surface area (Å²) in [6.07, 6.45) is 9.99. The maximum atomic E-state index is 12.6. The molecule has 0 spiro atoms. The Hall–Kier alpha value is -3.59. The van der Waals surface area contributed by atoms with Gasteiger partial charge in [0.05, 0.1) is 6.04 Å². The van der Waals surface area contributed by atoms with E-state index >= 15 is 0 Å². The van der Waals surface area contributed by atoms with Crippen molar-refractivity contribution in [2.24, 2.45) is 20.8 Å². The van der Waals surface area contributed by atoms with Crippen molar-refractivity contribution >= 4 is 41.2 Å². The summed E-state index contributed by atoms with van der Waals surface area (Å²) in [5.74, 6) is 0.0729. The van der Waals surface area contributed by atoms with Crippen LogP contribution in [0.3, 0.4) is 0 Å². The van der Waals surface area contributed by atoms with Gasteiger partial charge in [0.15, 0.2) is 0 Å². The quantitative estimate of drug-likeness (QED) is 0.0888. The van der Waals surface area contributed by atoms with E-state index in [0.29, 0.717) is 12.4 Å². The van der Waals surface area contributed by atoms with Crippen LogP contribution in [-0.4, -0.2) is 43.1 Å². The van der Waals surface area contributed by atoms with Gasteiger partial charge in [0.25, 0.3) is 5.91 Å². The highest BCUT2D eigenvalue weighted by Gasteiger charge is 2.19. The van der Waals surface area contributed by atoms with Gasteiger partial charge in [-0.3, -0.25) is 15.2 Å². The van der Waals surface area contributed by atoms with Crippen LogP contribution < -0.4 is 21.8 Å². The minimum absolute atomic E-state index is 0.273. The molecule has 8 nitrogen and oxygen atoms in total. The number of carbonyl (C=O) groups is 1. The van der Waals surface area contributed by atoms with Gasteiger partial charge in [-0.1, -0.05) is 44.7 Å². The molecule has 1 aliphatic heterocycles. The SMILES string of the molecule is C=C.C=C(C)/C(=C/CCC)SC.C=C1CCc2ccc(CNC(=O)C(=NC=NC)C(C)N/N=C(\C)N)cc2N1. The van der Waals surface area contributed by atoms with Crippen molar-refractivity contribution in [2.45, 2.75) is 66.0 Å². The number of nitrogens with zero attached hydrogens (tertiary/aromatic N) is 3. The molecule has 1 amide bonds. The molecule has 0 bridgehead atoms. The molecule has 0 aromatic heterocycles. The highest BCUT2D eigenvalue weighted by Crippen LogP contribution is 2.26. The molecule has 1 aliphatic rings. The predicted octanol–water partition coefficient (Wildman–Crippen LogP) is 5.96. The molecule has 0 saturated heterocycles. The van der Waals surface area contributed by atoms with Crippen molar-refractivity contribution in [3.8, 4) is 0 Å². The molecule has 0 fully saturated rings. The van der Waals surface area contributed by atoms with Gasteiger partial charge in [-0.2, -0.15) is 5.10 Å². The molecule has 1 unspecified atom stereocenters. The molecular weight excluding hydrogens is 506 g/mol. The van der Waals surface area contributed by atoms with Gasteiger partial charge in [-0.15, -0.1) is 24.9 Å². The number of anilines is 1. The highest BCUT2D eigenvalue weighted by molar-refractivity contribution is 8.02. The number of hydrazone groups is 1. The zero-order chi connectivity index (χ0) is 29.8. The number of nitrogens with two attached hydrogens (primary N) is 1. The monoisotopic (exact) mass is 553 g/mol. The summed E-state index contributed by atoms with van der Waals surface area (Å²) < 4.78 is 0. The van der Waals surface area contributed by atoms with Crippen LogP contribution in [0, 0.1) is 0 Å². The Labute approximate surface area is 239 Å². The lowest BCUT2D eigenvalue weighted by molar-refractivity contribution is -0.115. The Morgan fingerprint density at radius 3 is 2.54 bits per heavy atom. The number of amidine groups is 1. The first-order valence-corrected chi connectivity index (χ1v) is 14.1. The van der Waals surface area contributed by atoms with E-state index in [4.69, 9.17) is 5.73 Å². The van der Waals surface area contributed by atoms with Gasteiger partial charge in [0.1, 0.15) is 17.9 Å². The predicted molar refractivity (Wildman–Crippen MR) is 174 cm³/mol. The fourth-order valence-electron chi connectivity index (χ4n) is 3.33. The number of thioether (sulfide) groups is 1. The highest BCUT2D eigenvalue weighted by atomic mass is 32.2. The third kappa shape index (κ3) is 14.2. The van der Waals surface area contributed by atoms with Crippen molar-refractivity contribution in [3.63, 3.8) is 0 Å². The van der Waals surface area contributed by atoms with Crippen molar-refractivity contribution in [3.05, 3.63) is 77.9 Å². The minimum atomic E-state index is -0.421. The first-order chi connectivity index (χ1) is 18.6. The van der Waals surface area contributed by atoms with Crippen LogP contribution in [0.2, 0.25) is 0 Å². The number of unbranched alkanes of at least 4 members (excludes halogenated alkanes) is 1. The summed E-state index contributed by atoms with van der Waals surface area (Å²) in [7, 11) is 1.59. The number of aliphatic imine (C=N–C) groups is 2. The second-order valence-corrected chi connectivity index (χ2v) is 9.58. The van der Waals surface area contributed by atoms with Crippen molar-refractivity contribution in [2.75, 3.05) is 18.6 Å². The van der Waals surface area contributed by atoms with Crippen LogP contribution >= 0.6 is 11.8 Å². The van der Waals surface area contributed by atoms with Crippen LogP contribution in [0.25, 0.3) is 0 Å². The smallest absolute Gasteiger partial charge is 0.268 e. The molecule has 1 aromatic rings. The first kappa shape index (κ1) is 35.4. The average molecular weight is 554 g/mol. The van der Waals surface area contributed by atoms with Gasteiger partial charge in [0.2, 0.25) is 0 Å². The van der Waals surface area contributed by atoms with Crippen LogP contribution in [0.4, 0.5) is 5.69 Å². The summed E-state index contributed by atoms with van der Waals surface area (Å²) in [5, 5.41) is 10.1. The molecule has 1 aromatic carbocycles. The second kappa shape index (κ2) is 20.4. The molecule has 0 saturated carbocycles. The number of benzene rings is 1. The number of fused-ring (bicyclic) bond motifs is 1. The van der Waals surface area contributed by atoms with Crippen molar-refractivity contribution in [1.29, 1.82) is 0 Å². The Morgan fingerprint density at radius 2 is 1.97 bits per heavy atom. The minimum Gasteiger partial charge on any atom is -0.386 e. The summed E-state index contributed by atoms with van der Waals surface area (Å²) in [6, 6.07) is 5.71. The van der Waals surface area contributed by atoms with Crippen molar-refractivity contribution < 1.29 is 4.79 Å². The normalized spacial score (nSPS) is 14.1. The number of rotatable bonds is 11. The van der Waals surface area contributed by atoms with E-state index in [1.54, 1.807) is 32.7 Å². The fourth-order valence-corrected chi connectivity index (χ4v) is 3.97. The number of carbonyl (C=O) groups excluding carboxylic acids is 1. The molecule has 39 heavy (non-hydrogen) atoms. The number of hydrogen-bond acceptors (Lipinski definition) is 6. The number of allylic oxidation sites excluding steroid dienone is 3. The fraction of sp³-hybridized carbons (Fsp3) is 0.400. The summed E-state index contributed by atoms with van der Waals surface area (Å²) in [4.78, 5) is 21.9. The third-order valence-corrected chi connectivity index (χ3v) is 6.24. The standard InChI is InChI=1S/C19H27N7O.C9H16S.C2H4/c1-12-5-7-16-8-6-15(9-17(16)24-12)10-22-19(27)18(23-11-21-4)13(2)25-26-14(3)20;1-5-6-7-9(10-4)8(2)3;1-2/h6,8-9,11,13,24-25H,1,5,7,10H2,2-4H3,(H2,20,26)(H,22,27);7H,2,5-6H2,1,3-4H3;1-2H2/b;9-7-;. The Morgan fingerprint density at radius 1 is 1.28 bits per heavy atom. The van der Waals surface area contributed by atoms with E-state index in [1.165, 1.54) is 35.2 Å². The lowest BCUT2D eigenvalue weighted by Gasteiger charge is -2.21. The van der Waals surface area contributed by atoms with Gasteiger partial charge in [-0.25, -0.2) is 4.99 Å². The van der Waals surface area contributed by atoms with E-state index in [9.17, 15) is 4.79 Å². The molecule has 9 heteroatoms. The average Bonchev–Trinajstić information content (AvgIpc) is 2.92. The lowest BCUT2D eigenvalue weighted by atomic mass is 10.00. The summed E-state index contributed by atoms with van der Waals surface area (Å²) in [5.41, 5.74) is 14.1. The van der Waals surface area contributed by atoms with E-state index in [1.807, 2.05) is 12.1 Å². The van der Waals surface area contributed by atoms with E-state index in [2.05, 4.69) is 89.7 Å². The first-order valence-electron chi connectivity index (χ1n) is 12.9. The third-order valence-electron chi connectivity index (χ3n) is 5.28. The zero-order valence-corrected chi connectivity index (χ0v) is 25.4. The summed E-state index contributed by atoms with van der Waals surface area (Å²) >= 11 is 1.78. The van der Waals surface area contributed by atoms with E-state index in [-0.39, 0.29) is 11.6 Å². The van der Waals surface area contributed by atoms with Crippen LogP contribution in [0.15, 0.2) is 81.9 Å². The van der Waals surface area contributed by atoms with Gasteiger partial charge in [0, 0.05) is 29.9 Å². The van der Waals surface area contributed by atoms with Gasteiger partial charge < -0.3 is 16.4 Å². The van der Waals surface area contributed by atoms with Crippen LogP contribution in [0.5, 0.6) is 0 Å². The molecule has 2 rings (SSSR count). The van der Waals surface area contributed by atoms with Crippen LogP contribution in [-0.2, 0) is 17.8 Å². The summed E-state index contributed by atoms with van der Waals surface area (Å²) in [6.45, 7) is 21.9. The molecule has 5 N–H and O–H groups in total. The Balaban J connectivity index is 0.00000101. The molecule has 1 heterocycles. The number of aryl methyl sites for hydroxylation is 1. The second-order valence-electron chi connectivity index (χ2n) is 8.74. The maximum absolute atomic E-state index is 12.6. The molecule has 1 atom stereocenters. The van der Waals surface area contributed by atoms with Crippen LogP contribution in [0.1, 0.15) is 58.1 Å². The molecule has 214 valence electrons. The number of nitrogens with one attached hydrogen (secondary N) is 3. The molecular formula is C30H47N7OS. The van der Waals surface area contributed by atoms with E-state index < -0.39 is 6.04 Å². The maximum Gasteiger partial charge on any atom is 0.268 e. The topological polar surface area (TPSA) is 116 Å². The molecule has 0 radical (unpaired) electrons. The zero-order valence-electron chi connectivity index (χ0n) is 24.6. The Kier molecular flexibility index (Phi) is 18.5. The lowest BCUT2D eigenvalue weighted by Crippen LogP contribution is -2.42. The largest absolute Gasteiger partial charge is 0.386 e. The number of hydrogen-bond donors (Lipinski definition) is 4. The Bertz CT molecular complexity index is 1070. The van der Waals surface area contributed by atoms with Gasteiger partial charge in [-0.05, 0) is 69.1 Å². The number of amides is 1. The molecule has 0 aliphatic carbocycles. The van der Waals surface area contributed by atoms with Gasteiger partial charge >= 0.3 is 0 Å².